The zero-order valence-corrected chi connectivity index (χ0v) is 19.1. The average Bonchev–Trinajstić information content (AvgIpc) is 3.26. The number of rotatable bonds is 6. The fraction of sp³-hybridized carbons (Fsp3) is 0.160. The Labute approximate surface area is 200 Å². The molecule has 2 atom stereocenters. The molecule has 0 aliphatic carbocycles. The van der Waals surface area contributed by atoms with Crippen molar-refractivity contribution >= 4 is 23.4 Å². The van der Waals surface area contributed by atoms with Gasteiger partial charge < -0.3 is 15.5 Å². The number of carbonyl (C=O) groups is 1. The van der Waals surface area contributed by atoms with Gasteiger partial charge in [-0.2, -0.15) is 0 Å². The second-order valence-corrected chi connectivity index (χ2v) is 9.00. The van der Waals surface area contributed by atoms with Crippen molar-refractivity contribution in [1.82, 2.24) is 14.9 Å². The molecule has 172 valence electrons. The normalized spacial score (nSPS) is 16.9. The zero-order valence-electron chi connectivity index (χ0n) is 18.3. The monoisotopic (exact) mass is 475 g/mol. The molecular formula is C25H22FN5O2S. The number of anilines is 1. The number of hydrogen-bond acceptors (Lipinski definition) is 6. The van der Waals surface area contributed by atoms with Crippen LogP contribution in [0.2, 0.25) is 0 Å². The third kappa shape index (κ3) is 4.74. The number of thioether (sulfide) groups is 1. The predicted octanol–water partition coefficient (Wildman–Crippen LogP) is 4.70. The van der Waals surface area contributed by atoms with Crippen molar-refractivity contribution in [2.45, 2.75) is 30.0 Å². The van der Waals surface area contributed by atoms with Crippen LogP contribution in [0.25, 0.3) is 0 Å². The summed E-state index contributed by atoms with van der Waals surface area (Å²) in [7, 11) is 0. The molecule has 34 heavy (non-hydrogen) atoms. The van der Waals surface area contributed by atoms with Gasteiger partial charge in [0.05, 0.1) is 6.04 Å². The fourth-order valence-corrected chi connectivity index (χ4v) is 4.73. The Hall–Kier alpha value is -3.85. The van der Waals surface area contributed by atoms with Crippen LogP contribution in [-0.4, -0.2) is 26.0 Å². The topological polar surface area (TPSA) is 81.1 Å². The molecular weight excluding hydrogens is 453 g/mol. The molecule has 4 aromatic rings. The van der Waals surface area contributed by atoms with Gasteiger partial charge in [0.2, 0.25) is 11.1 Å². The second-order valence-electron chi connectivity index (χ2n) is 7.89. The van der Waals surface area contributed by atoms with Gasteiger partial charge in [0.15, 0.2) is 5.82 Å². The first-order valence-electron chi connectivity index (χ1n) is 10.8. The minimum Gasteiger partial charge on any atom is -0.486 e. The van der Waals surface area contributed by atoms with E-state index >= 15 is 0 Å². The van der Waals surface area contributed by atoms with Crippen LogP contribution in [0.1, 0.15) is 23.0 Å². The van der Waals surface area contributed by atoms with Crippen LogP contribution in [-0.2, 0) is 11.4 Å². The van der Waals surface area contributed by atoms with Gasteiger partial charge in [0, 0.05) is 5.69 Å². The summed E-state index contributed by atoms with van der Waals surface area (Å²) >= 11 is 1.32. The number of fused-ring (bicyclic) bond motifs is 1. The molecule has 1 aliphatic rings. The molecule has 0 saturated carbocycles. The summed E-state index contributed by atoms with van der Waals surface area (Å²) in [4.78, 5) is 13.3. The van der Waals surface area contributed by atoms with Crippen LogP contribution in [0.5, 0.6) is 5.75 Å². The number of aryl methyl sites for hydroxylation is 1. The number of para-hydroxylation sites is 1. The zero-order chi connectivity index (χ0) is 23.5. The predicted molar refractivity (Wildman–Crippen MR) is 129 cm³/mol. The van der Waals surface area contributed by atoms with Gasteiger partial charge in [0.1, 0.15) is 23.4 Å². The third-order valence-corrected chi connectivity index (χ3v) is 6.64. The van der Waals surface area contributed by atoms with E-state index in [1.165, 1.54) is 36.0 Å². The Balaban J connectivity index is 1.41. The highest BCUT2D eigenvalue weighted by molar-refractivity contribution is 8.00. The molecule has 2 heterocycles. The van der Waals surface area contributed by atoms with Gasteiger partial charge in [-0.1, -0.05) is 59.8 Å². The van der Waals surface area contributed by atoms with Crippen LogP contribution in [0, 0.1) is 12.7 Å². The van der Waals surface area contributed by atoms with E-state index in [0.29, 0.717) is 16.7 Å². The van der Waals surface area contributed by atoms with Crippen molar-refractivity contribution in [1.29, 1.82) is 0 Å². The Morgan fingerprint density at radius 2 is 1.79 bits per heavy atom. The van der Waals surface area contributed by atoms with Crippen LogP contribution < -0.4 is 15.5 Å². The number of amides is 1. The Kier molecular flexibility index (Phi) is 6.18. The molecule has 3 aromatic carbocycles. The number of aromatic nitrogens is 3. The SMILES string of the molecule is Cc1ccc([C@@H]2Nn3c(COc4ccccc4)nnc3S[C@@H]2C(=O)Nc2ccc(F)cc2)cc1. The number of nitrogens with one attached hydrogen (secondary N) is 2. The summed E-state index contributed by atoms with van der Waals surface area (Å²) in [6, 6.07) is 22.9. The minimum atomic E-state index is -0.535. The molecule has 2 N–H and O–H groups in total. The Morgan fingerprint density at radius 1 is 1.06 bits per heavy atom. The molecule has 1 amide bonds. The highest BCUT2D eigenvalue weighted by Gasteiger charge is 2.38. The molecule has 1 aromatic heterocycles. The number of halogens is 1. The van der Waals surface area contributed by atoms with E-state index in [4.69, 9.17) is 4.74 Å². The van der Waals surface area contributed by atoms with E-state index in [0.717, 1.165) is 16.9 Å². The minimum absolute atomic E-state index is 0.217. The average molecular weight is 476 g/mol. The maximum Gasteiger partial charge on any atom is 0.240 e. The number of hydrogen-bond donors (Lipinski definition) is 2. The van der Waals surface area contributed by atoms with Crippen molar-refractivity contribution in [3.63, 3.8) is 0 Å². The Morgan fingerprint density at radius 3 is 2.53 bits per heavy atom. The lowest BCUT2D eigenvalue weighted by Gasteiger charge is -2.33. The van der Waals surface area contributed by atoms with Gasteiger partial charge in [-0.25, -0.2) is 9.07 Å². The van der Waals surface area contributed by atoms with Crippen molar-refractivity contribution in [2.75, 3.05) is 10.7 Å². The smallest absolute Gasteiger partial charge is 0.240 e. The van der Waals surface area contributed by atoms with E-state index in [1.54, 1.807) is 4.68 Å². The van der Waals surface area contributed by atoms with E-state index in [-0.39, 0.29) is 24.4 Å². The molecule has 0 radical (unpaired) electrons. The number of benzene rings is 3. The van der Waals surface area contributed by atoms with Crippen LogP contribution >= 0.6 is 11.8 Å². The van der Waals surface area contributed by atoms with Gasteiger partial charge in [-0.15, -0.1) is 10.2 Å². The van der Waals surface area contributed by atoms with Crippen molar-refractivity contribution in [2.24, 2.45) is 0 Å². The van der Waals surface area contributed by atoms with Crippen molar-refractivity contribution in [3.8, 4) is 5.75 Å². The lowest BCUT2D eigenvalue weighted by atomic mass is 10.0. The molecule has 9 heteroatoms. The third-order valence-electron chi connectivity index (χ3n) is 5.42. The first kappa shape index (κ1) is 22.0. The summed E-state index contributed by atoms with van der Waals surface area (Å²) in [6.45, 7) is 2.24. The van der Waals surface area contributed by atoms with Crippen LogP contribution in [0.15, 0.2) is 84.0 Å². The highest BCUT2D eigenvalue weighted by atomic mass is 32.2. The Bertz CT molecular complexity index is 1280. The van der Waals surface area contributed by atoms with E-state index in [1.807, 2.05) is 61.5 Å². The lowest BCUT2D eigenvalue weighted by Crippen LogP contribution is -2.41. The first-order valence-corrected chi connectivity index (χ1v) is 11.6. The largest absolute Gasteiger partial charge is 0.486 e. The molecule has 0 fully saturated rings. The van der Waals surface area contributed by atoms with Crippen molar-refractivity contribution in [3.05, 3.63) is 102 Å². The quantitative estimate of drug-likeness (QED) is 0.421. The fourth-order valence-electron chi connectivity index (χ4n) is 3.63. The maximum absolute atomic E-state index is 13.3. The summed E-state index contributed by atoms with van der Waals surface area (Å²) in [5, 5.41) is 11.5. The van der Waals surface area contributed by atoms with E-state index in [2.05, 4.69) is 20.9 Å². The molecule has 7 nitrogen and oxygen atoms in total. The lowest BCUT2D eigenvalue weighted by molar-refractivity contribution is -0.116. The number of nitrogens with zero attached hydrogens (tertiary/aromatic N) is 3. The first-order chi connectivity index (χ1) is 16.6. The maximum atomic E-state index is 13.3. The number of ether oxygens (including phenoxy) is 1. The van der Waals surface area contributed by atoms with Gasteiger partial charge in [0.25, 0.3) is 0 Å². The molecule has 5 rings (SSSR count). The molecule has 0 spiro atoms. The summed E-state index contributed by atoms with van der Waals surface area (Å²) in [5.41, 5.74) is 6.02. The van der Waals surface area contributed by atoms with E-state index in [9.17, 15) is 9.18 Å². The number of carbonyl (C=O) groups excluding carboxylic acids is 1. The summed E-state index contributed by atoms with van der Waals surface area (Å²) in [6.07, 6.45) is 0. The van der Waals surface area contributed by atoms with Crippen LogP contribution in [0.4, 0.5) is 10.1 Å². The standard InChI is InChI=1S/C25H22FN5O2S/c1-16-7-9-17(10-8-16)22-23(24(32)27-19-13-11-18(26)12-14-19)34-25-29-28-21(31(25)30-22)15-33-20-5-3-2-4-6-20/h2-14,22-23,30H,15H2,1H3,(H,27,32)/t22-,23-/m0/s1. The molecule has 0 saturated heterocycles. The van der Waals surface area contributed by atoms with Gasteiger partial charge in [-0.3, -0.25) is 4.79 Å². The highest BCUT2D eigenvalue weighted by Crippen LogP contribution is 2.37. The second kappa shape index (κ2) is 9.56. The van der Waals surface area contributed by atoms with E-state index < -0.39 is 5.25 Å². The molecule has 0 bridgehead atoms. The summed E-state index contributed by atoms with van der Waals surface area (Å²) < 4.78 is 20.9. The van der Waals surface area contributed by atoms with Gasteiger partial charge >= 0.3 is 0 Å². The molecule has 0 unspecified atom stereocenters. The summed E-state index contributed by atoms with van der Waals surface area (Å²) in [5.74, 6) is 0.754. The van der Waals surface area contributed by atoms with Crippen molar-refractivity contribution < 1.29 is 13.9 Å². The van der Waals surface area contributed by atoms with Gasteiger partial charge in [-0.05, 0) is 48.9 Å². The van der Waals surface area contributed by atoms with Crippen LogP contribution in [0.3, 0.4) is 0 Å². The molecule has 1 aliphatic heterocycles.